The molecule has 2 amide bonds. The fourth-order valence-electron chi connectivity index (χ4n) is 5.61. The number of thiazole rings is 1. The molecule has 19 heteroatoms. The number of alkyl halides is 3. The minimum atomic E-state index is -4.77. The zero-order valence-corrected chi connectivity index (χ0v) is 32.7. The van der Waals surface area contributed by atoms with Crippen LogP contribution >= 0.6 is 11.3 Å². The number of amides is 2. The highest BCUT2D eigenvalue weighted by molar-refractivity contribution is 7.09. The summed E-state index contributed by atoms with van der Waals surface area (Å²) in [5.41, 5.74) is -2.38. The number of hydrogen-bond donors (Lipinski definition) is 3. The molecule has 3 heterocycles. The summed E-state index contributed by atoms with van der Waals surface area (Å²) in [7, 11) is 1.91. The Labute approximate surface area is 335 Å². The maximum atomic E-state index is 13.5. The first kappa shape index (κ1) is 43.5. The molecule has 0 unspecified atom stereocenters. The molecule has 0 radical (unpaired) electrons. The van der Waals surface area contributed by atoms with E-state index in [9.17, 15) is 37.5 Å². The van der Waals surface area contributed by atoms with Crippen molar-refractivity contribution in [1.82, 2.24) is 20.2 Å². The SMILES string of the molecule is CCCOCCOCCCNC(=O)[C@@H](CC(=O)n1c(O)c(Cc2ccc(OCCN(C)c3ccccn3)cc2)sc1=O)NC(=O)c1ccc(C2(C(F)(F)F)N=N2)cc1. The second-order valence-electron chi connectivity index (χ2n) is 13.2. The van der Waals surface area contributed by atoms with E-state index in [2.05, 4.69) is 25.8 Å². The number of anilines is 1. The quantitative estimate of drug-likeness (QED) is 0.0904. The number of aromatic nitrogens is 2. The molecular weight excluding hydrogens is 784 g/mol. The number of carbonyl (C=O) groups excluding carboxylic acids is 3. The molecular formula is C39H44F3N7O8S. The topological polar surface area (TPSA) is 186 Å². The third-order valence-electron chi connectivity index (χ3n) is 8.86. The first-order chi connectivity index (χ1) is 27.8. The zero-order valence-electron chi connectivity index (χ0n) is 31.9. The van der Waals surface area contributed by atoms with Crippen LogP contribution in [0.4, 0.5) is 19.0 Å². The van der Waals surface area contributed by atoms with Crippen LogP contribution in [-0.4, -0.2) is 97.8 Å². The van der Waals surface area contributed by atoms with Crippen molar-refractivity contribution in [1.29, 1.82) is 0 Å². The average Bonchev–Trinajstić information content (AvgIpc) is 3.99. The highest BCUT2D eigenvalue weighted by atomic mass is 32.1. The monoisotopic (exact) mass is 827 g/mol. The van der Waals surface area contributed by atoms with Crippen molar-refractivity contribution >= 4 is 34.9 Å². The molecule has 15 nitrogen and oxygen atoms in total. The van der Waals surface area contributed by atoms with Crippen molar-refractivity contribution in [3.63, 3.8) is 0 Å². The van der Waals surface area contributed by atoms with Gasteiger partial charge in [0, 0.05) is 50.6 Å². The molecule has 310 valence electrons. The molecule has 1 atom stereocenters. The van der Waals surface area contributed by atoms with Gasteiger partial charge >= 0.3 is 16.7 Å². The van der Waals surface area contributed by atoms with Crippen molar-refractivity contribution < 1.29 is 46.9 Å². The molecule has 0 aliphatic carbocycles. The molecule has 0 saturated carbocycles. The lowest BCUT2D eigenvalue weighted by molar-refractivity contribution is -0.166. The van der Waals surface area contributed by atoms with Crippen LogP contribution in [0.2, 0.25) is 0 Å². The molecule has 0 fully saturated rings. The van der Waals surface area contributed by atoms with E-state index in [0.29, 0.717) is 66.6 Å². The highest BCUT2D eigenvalue weighted by Gasteiger charge is 2.65. The second kappa shape index (κ2) is 20.2. The second-order valence-corrected chi connectivity index (χ2v) is 14.2. The van der Waals surface area contributed by atoms with Crippen molar-refractivity contribution in [2.24, 2.45) is 10.2 Å². The Bertz CT molecular complexity index is 2070. The van der Waals surface area contributed by atoms with E-state index in [1.165, 1.54) is 0 Å². The van der Waals surface area contributed by atoms with Crippen molar-refractivity contribution in [3.05, 3.63) is 104 Å². The van der Waals surface area contributed by atoms with Gasteiger partial charge in [0.05, 0.1) is 31.1 Å². The fraction of sp³-hybridized carbons (Fsp3) is 0.410. The Morgan fingerprint density at radius 1 is 0.966 bits per heavy atom. The van der Waals surface area contributed by atoms with Crippen molar-refractivity contribution in [3.8, 4) is 11.6 Å². The van der Waals surface area contributed by atoms with E-state index in [0.717, 1.165) is 36.5 Å². The first-order valence-electron chi connectivity index (χ1n) is 18.5. The van der Waals surface area contributed by atoms with Gasteiger partial charge in [-0.3, -0.25) is 19.2 Å². The van der Waals surface area contributed by atoms with Crippen LogP contribution in [0.5, 0.6) is 11.6 Å². The number of nitrogens with one attached hydrogen (secondary N) is 2. The van der Waals surface area contributed by atoms with Crippen LogP contribution in [-0.2, 0) is 26.4 Å². The Kier molecular flexibility index (Phi) is 15.1. The van der Waals surface area contributed by atoms with Gasteiger partial charge in [-0.25, -0.2) is 9.55 Å². The van der Waals surface area contributed by atoms with Gasteiger partial charge in [-0.1, -0.05) is 48.6 Å². The molecule has 3 N–H and O–H groups in total. The van der Waals surface area contributed by atoms with E-state index in [-0.39, 0.29) is 35.6 Å². The number of aromatic hydroxyl groups is 1. The molecule has 1 aliphatic rings. The first-order valence-corrected chi connectivity index (χ1v) is 19.3. The van der Waals surface area contributed by atoms with Gasteiger partial charge in [0.25, 0.3) is 5.91 Å². The van der Waals surface area contributed by atoms with Crippen LogP contribution in [0.3, 0.4) is 0 Å². The average molecular weight is 828 g/mol. The van der Waals surface area contributed by atoms with Crippen LogP contribution in [0, 0.1) is 0 Å². The third kappa shape index (κ3) is 11.5. The smallest absolute Gasteiger partial charge is 0.442 e. The summed E-state index contributed by atoms with van der Waals surface area (Å²) in [5.74, 6) is -1.81. The lowest BCUT2D eigenvalue weighted by Gasteiger charge is -2.19. The lowest BCUT2D eigenvalue weighted by Crippen LogP contribution is -2.49. The molecule has 0 saturated heterocycles. The van der Waals surface area contributed by atoms with E-state index < -0.39 is 52.8 Å². The summed E-state index contributed by atoms with van der Waals surface area (Å²) in [6.07, 6.45) is -2.42. The molecule has 4 aromatic rings. The summed E-state index contributed by atoms with van der Waals surface area (Å²) in [6, 6.07) is 15.4. The molecule has 2 aromatic carbocycles. The van der Waals surface area contributed by atoms with Gasteiger partial charge in [-0.2, -0.15) is 13.2 Å². The van der Waals surface area contributed by atoms with Gasteiger partial charge in [0.15, 0.2) is 0 Å². The minimum absolute atomic E-state index is 0.106. The predicted octanol–water partition coefficient (Wildman–Crippen LogP) is 5.08. The summed E-state index contributed by atoms with van der Waals surface area (Å²) in [4.78, 5) is 58.8. The number of pyridine rings is 1. The molecule has 5 rings (SSSR count). The highest BCUT2D eigenvalue weighted by Crippen LogP contribution is 2.52. The summed E-state index contributed by atoms with van der Waals surface area (Å²) in [6.45, 7) is 4.76. The zero-order chi connectivity index (χ0) is 41.7. The van der Waals surface area contributed by atoms with Crippen molar-refractivity contribution in [2.45, 2.75) is 50.5 Å². The van der Waals surface area contributed by atoms with Crippen molar-refractivity contribution in [2.75, 3.05) is 58.1 Å². The number of halogens is 3. The fourth-order valence-corrected chi connectivity index (χ4v) is 6.53. The number of benzene rings is 2. The molecule has 58 heavy (non-hydrogen) atoms. The Morgan fingerprint density at radius 2 is 1.67 bits per heavy atom. The third-order valence-corrected chi connectivity index (χ3v) is 9.79. The summed E-state index contributed by atoms with van der Waals surface area (Å²) in [5, 5.41) is 22.4. The normalized spacial score (nSPS) is 13.5. The standard InChI is InChI=1S/C39H44F3N7O8S/c1-3-19-55-22-23-56-20-6-17-44-35(52)30(45-34(51)27-10-12-28(13-11-27)38(46-47-38)39(40,41)42)25-33(50)49-36(53)31(58-37(49)54)24-26-8-14-29(15-9-26)57-21-18-48(2)32-7-4-5-16-43-32/h4-5,7-16,30,53H,3,6,17-25H2,1-2H3,(H,44,52)(H,45,51)/t30-/m1/s1. The van der Waals surface area contributed by atoms with Gasteiger partial charge in [-0.15, -0.1) is 10.2 Å². The van der Waals surface area contributed by atoms with Gasteiger partial charge < -0.3 is 34.9 Å². The number of rotatable bonds is 22. The number of nitrogens with zero attached hydrogens (tertiary/aromatic N) is 5. The van der Waals surface area contributed by atoms with Gasteiger partial charge in [0.2, 0.25) is 17.7 Å². The minimum Gasteiger partial charge on any atom is -0.493 e. The van der Waals surface area contributed by atoms with Gasteiger partial charge in [0.1, 0.15) is 24.2 Å². The van der Waals surface area contributed by atoms with E-state index in [1.807, 2.05) is 37.1 Å². The van der Waals surface area contributed by atoms with E-state index >= 15 is 0 Å². The number of ether oxygens (including phenoxy) is 3. The van der Waals surface area contributed by atoms with Crippen LogP contribution < -0.4 is 25.1 Å². The number of likely N-dealkylation sites (N-methyl/N-ethyl adjacent to an activating group) is 1. The number of carbonyl (C=O) groups is 3. The summed E-state index contributed by atoms with van der Waals surface area (Å²) >= 11 is 0.655. The lowest BCUT2D eigenvalue weighted by atomic mass is 10.0. The molecule has 2 aromatic heterocycles. The molecule has 1 aliphatic heterocycles. The maximum Gasteiger partial charge on any atom is 0.442 e. The Balaban J connectivity index is 1.21. The molecule has 0 bridgehead atoms. The van der Waals surface area contributed by atoms with Crippen LogP contribution in [0.1, 0.15) is 57.3 Å². The Hall–Kier alpha value is -5.66. The van der Waals surface area contributed by atoms with E-state index in [1.54, 1.807) is 30.5 Å². The summed E-state index contributed by atoms with van der Waals surface area (Å²) < 4.78 is 57.6. The van der Waals surface area contributed by atoms with E-state index in [4.69, 9.17) is 14.2 Å². The largest absolute Gasteiger partial charge is 0.493 e. The van der Waals surface area contributed by atoms with Gasteiger partial charge in [-0.05, 0) is 54.8 Å². The van der Waals surface area contributed by atoms with Crippen LogP contribution in [0.15, 0.2) is 87.9 Å². The Morgan fingerprint density at radius 3 is 2.31 bits per heavy atom. The van der Waals surface area contributed by atoms with Crippen LogP contribution in [0.25, 0.3) is 0 Å². The molecule has 0 spiro atoms. The number of hydrogen-bond acceptors (Lipinski definition) is 13. The maximum absolute atomic E-state index is 13.5. The predicted molar refractivity (Wildman–Crippen MR) is 208 cm³/mol.